The second kappa shape index (κ2) is 6.23. The van der Waals surface area contributed by atoms with Crippen molar-refractivity contribution in [1.29, 1.82) is 0 Å². The van der Waals surface area contributed by atoms with Gasteiger partial charge in [-0.25, -0.2) is 0 Å². The van der Waals surface area contributed by atoms with Crippen LogP contribution in [-0.2, 0) is 9.59 Å². The van der Waals surface area contributed by atoms with Gasteiger partial charge in [-0.3, -0.25) is 9.59 Å². The Morgan fingerprint density at radius 2 is 2.17 bits per heavy atom. The lowest BCUT2D eigenvalue weighted by Gasteiger charge is -2.36. The van der Waals surface area contributed by atoms with Gasteiger partial charge in [-0.05, 0) is 48.5 Å². The Morgan fingerprint density at radius 3 is 2.79 bits per heavy atom. The van der Waals surface area contributed by atoms with E-state index in [4.69, 9.17) is 0 Å². The molecule has 0 aromatic carbocycles. The third kappa shape index (κ3) is 2.51. The van der Waals surface area contributed by atoms with Crippen molar-refractivity contribution in [1.82, 2.24) is 0 Å². The molecule has 0 spiro atoms. The van der Waals surface area contributed by atoms with Crippen LogP contribution < -0.4 is 0 Å². The Kier molecular flexibility index (Phi) is 4.56. The molecule has 0 heterocycles. The number of aldehydes is 1. The summed E-state index contributed by atoms with van der Waals surface area (Å²) in [5.41, 5.74) is 3.18. The van der Waals surface area contributed by atoms with E-state index in [-0.39, 0.29) is 35.6 Å². The van der Waals surface area contributed by atoms with Crippen LogP contribution in [0.1, 0.15) is 46.5 Å². The summed E-state index contributed by atoms with van der Waals surface area (Å²) < 4.78 is 0. The lowest BCUT2D eigenvalue weighted by Crippen LogP contribution is -2.30. The fraction of sp³-hybridized carbons (Fsp3) is 0.700. The zero-order valence-corrected chi connectivity index (χ0v) is 14.8. The molecule has 2 N–H and O–H groups in total. The average molecular weight is 332 g/mol. The number of hydrogen-bond donors (Lipinski definition) is 2. The highest BCUT2D eigenvalue weighted by Gasteiger charge is 2.52. The van der Waals surface area contributed by atoms with Crippen molar-refractivity contribution in [3.63, 3.8) is 0 Å². The summed E-state index contributed by atoms with van der Waals surface area (Å²) in [5, 5.41) is 19.8. The van der Waals surface area contributed by atoms with E-state index in [1.807, 2.05) is 19.9 Å². The Labute approximate surface area is 143 Å². The zero-order valence-electron chi connectivity index (χ0n) is 14.8. The summed E-state index contributed by atoms with van der Waals surface area (Å²) in [7, 11) is 0. The molecular formula is C20H28O4. The number of rotatable bonds is 3. The van der Waals surface area contributed by atoms with Gasteiger partial charge in [-0.2, -0.15) is 0 Å². The molecule has 0 amide bonds. The summed E-state index contributed by atoms with van der Waals surface area (Å²) in [6.07, 6.45) is 5.22. The van der Waals surface area contributed by atoms with Crippen molar-refractivity contribution in [2.24, 2.45) is 29.1 Å². The van der Waals surface area contributed by atoms with Gasteiger partial charge in [0.15, 0.2) is 5.78 Å². The van der Waals surface area contributed by atoms with Gasteiger partial charge in [0.25, 0.3) is 0 Å². The van der Waals surface area contributed by atoms with Crippen molar-refractivity contribution < 1.29 is 19.8 Å². The van der Waals surface area contributed by atoms with E-state index >= 15 is 0 Å². The maximum atomic E-state index is 12.5. The van der Waals surface area contributed by atoms with Gasteiger partial charge in [0.05, 0.1) is 5.92 Å². The third-order valence-corrected chi connectivity index (χ3v) is 6.85. The van der Waals surface area contributed by atoms with Crippen LogP contribution >= 0.6 is 0 Å². The Balaban J connectivity index is 2.08. The van der Waals surface area contributed by atoms with Gasteiger partial charge in [0.1, 0.15) is 12.4 Å². The van der Waals surface area contributed by atoms with E-state index in [1.54, 1.807) is 0 Å². The van der Waals surface area contributed by atoms with E-state index in [9.17, 15) is 19.8 Å². The second-order valence-electron chi connectivity index (χ2n) is 8.23. The third-order valence-electron chi connectivity index (χ3n) is 6.85. The lowest BCUT2D eigenvalue weighted by molar-refractivity contribution is -0.128. The van der Waals surface area contributed by atoms with Gasteiger partial charge in [0.2, 0.25) is 0 Å². The molecular weight excluding hydrogens is 304 g/mol. The number of allylic oxidation sites excluding steroid dienone is 3. The van der Waals surface area contributed by atoms with Crippen LogP contribution in [0.5, 0.6) is 0 Å². The van der Waals surface area contributed by atoms with Gasteiger partial charge in [0, 0.05) is 12.5 Å². The predicted octanol–water partition coefficient (Wildman–Crippen LogP) is 2.44. The maximum absolute atomic E-state index is 12.5. The van der Waals surface area contributed by atoms with Gasteiger partial charge in [-0.1, -0.05) is 38.0 Å². The standard InChI is InChI=1S/C20H28O4/c1-11(9-21)14-6-7-20(3)8-15-12(2)18(23)19(24)17(15)13(10-22)4-5-16(14)20/h4,10-12,15,17-18,21,23H,5-9H2,1-3H3/b13-4-/t11-,12+,15+,17+,18+,20+/m1/s1. The molecule has 4 heteroatoms. The first-order valence-electron chi connectivity index (χ1n) is 9.04. The number of fused-ring (bicyclic) bond motifs is 2. The molecule has 0 aliphatic heterocycles. The highest BCUT2D eigenvalue weighted by Crippen LogP contribution is 2.55. The second-order valence-corrected chi connectivity index (χ2v) is 8.23. The van der Waals surface area contributed by atoms with E-state index in [2.05, 4.69) is 6.92 Å². The first kappa shape index (κ1) is 17.6. The van der Waals surface area contributed by atoms with Crippen molar-refractivity contribution in [2.75, 3.05) is 6.61 Å². The first-order chi connectivity index (χ1) is 11.3. The quantitative estimate of drug-likeness (QED) is 0.615. The molecule has 0 aromatic rings. The molecule has 0 radical (unpaired) electrons. The minimum Gasteiger partial charge on any atom is -0.396 e. The maximum Gasteiger partial charge on any atom is 0.169 e. The Hall–Kier alpha value is -1.26. The van der Waals surface area contributed by atoms with Crippen molar-refractivity contribution >= 4 is 12.1 Å². The number of hydrogen-bond acceptors (Lipinski definition) is 4. The van der Waals surface area contributed by atoms with Gasteiger partial charge in [-0.15, -0.1) is 0 Å². The summed E-state index contributed by atoms with van der Waals surface area (Å²) in [6.45, 7) is 6.36. The molecule has 3 rings (SSSR count). The SMILES string of the molecule is C[C@H]1[C@@H]2C[C@]3(C)CCC([C@H](C)CO)=C3C/C=C(/C=O)[C@@H]2C(=O)[C@H]1O. The van der Waals surface area contributed by atoms with Crippen LogP contribution in [0.4, 0.5) is 0 Å². The van der Waals surface area contributed by atoms with E-state index in [0.717, 1.165) is 25.5 Å². The van der Waals surface area contributed by atoms with Crippen molar-refractivity contribution in [3.8, 4) is 0 Å². The van der Waals surface area contributed by atoms with Crippen molar-refractivity contribution in [2.45, 2.75) is 52.6 Å². The highest BCUT2D eigenvalue weighted by molar-refractivity contribution is 5.96. The number of aliphatic hydroxyl groups is 2. The normalized spacial score (nSPS) is 42.7. The van der Waals surface area contributed by atoms with E-state index < -0.39 is 12.0 Å². The predicted molar refractivity (Wildman–Crippen MR) is 91.2 cm³/mol. The molecule has 3 aliphatic carbocycles. The van der Waals surface area contributed by atoms with Crippen LogP contribution in [0, 0.1) is 29.1 Å². The zero-order chi connectivity index (χ0) is 17.6. The minimum absolute atomic E-state index is 0.00744. The fourth-order valence-corrected chi connectivity index (χ4v) is 5.25. The molecule has 132 valence electrons. The number of carbonyl (C=O) groups is 2. The van der Waals surface area contributed by atoms with Crippen LogP contribution in [-0.4, -0.2) is 35.0 Å². The fourth-order valence-electron chi connectivity index (χ4n) is 5.25. The summed E-state index contributed by atoms with van der Waals surface area (Å²) in [6, 6.07) is 0. The summed E-state index contributed by atoms with van der Waals surface area (Å²) >= 11 is 0. The van der Waals surface area contributed by atoms with Crippen LogP contribution in [0.3, 0.4) is 0 Å². The molecule has 0 unspecified atom stereocenters. The largest absolute Gasteiger partial charge is 0.396 e. The van der Waals surface area contributed by atoms with Crippen molar-refractivity contribution in [3.05, 3.63) is 22.8 Å². The molecule has 24 heavy (non-hydrogen) atoms. The number of aliphatic hydroxyl groups excluding tert-OH is 2. The number of Topliss-reactive ketones (excluding diaryl/α,β-unsaturated/α-hetero) is 1. The van der Waals surface area contributed by atoms with E-state index in [1.165, 1.54) is 11.1 Å². The summed E-state index contributed by atoms with van der Waals surface area (Å²) in [5.74, 6) is -0.623. The molecule has 4 nitrogen and oxygen atoms in total. The van der Waals surface area contributed by atoms with Gasteiger partial charge >= 0.3 is 0 Å². The van der Waals surface area contributed by atoms with Crippen LogP contribution in [0.25, 0.3) is 0 Å². The monoisotopic (exact) mass is 332 g/mol. The van der Waals surface area contributed by atoms with Crippen LogP contribution in [0.15, 0.2) is 22.8 Å². The number of carbonyl (C=O) groups excluding carboxylic acids is 2. The van der Waals surface area contributed by atoms with Gasteiger partial charge < -0.3 is 10.2 Å². The molecule has 1 fully saturated rings. The molecule has 6 atom stereocenters. The topological polar surface area (TPSA) is 74.6 Å². The van der Waals surface area contributed by atoms with Crippen LogP contribution in [0.2, 0.25) is 0 Å². The summed E-state index contributed by atoms with van der Waals surface area (Å²) in [4.78, 5) is 24.1. The number of ketones is 1. The smallest absolute Gasteiger partial charge is 0.169 e. The Morgan fingerprint density at radius 1 is 1.46 bits per heavy atom. The minimum atomic E-state index is -0.963. The van der Waals surface area contributed by atoms with E-state index in [0.29, 0.717) is 12.0 Å². The lowest BCUT2D eigenvalue weighted by atomic mass is 9.67. The molecule has 3 aliphatic rings. The highest BCUT2D eigenvalue weighted by atomic mass is 16.3. The Bertz CT molecular complexity index is 617. The molecule has 0 bridgehead atoms. The molecule has 0 aromatic heterocycles. The molecule has 0 saturated heterocycles. The first-order valence-corrected chi connectivity index (χ1v) is 9.04. The average Bonchev–Trinajstić information content (AvgIpc) is 2.97. The molecule has 1 saturated carbocycles.